The van der Waals surface area contributed by atoms with Crippen LogP contribution in [0.4, 0.5) is 0 Å². The Morgan fingerprint density at radius 1 is 0.935 bits per heavy atom. The third-order valence-corrected chi connectivity index (χ3v) is 5.24. The van der Waals surface area contributed by atoms with Crippen molar-refractivity contribution in [3.63, 3.8) is 0 Å². The number of phenolic OH excluding ortho intramolecular Hbond substituents is 1. The Bertz CT molecular complexity index is 1280. The number of aliphatic carboxylic acids is 1. The molecule has 1 heterocycles. The molecule has 0 saturated carbocycles. The van der Waals surface area contributed by atoms with Crippen molar-refractivity contribution in [2.24, 2.45) is 0 Å². The van der Waals surface area contributed by atoms with Crippen molar-refractivity contribution in [3.05, 3.63) is 107 Å². The summed E-state index contributed by atoms with van der Waals surface area (Å²) in [6.07, 6.45) is 5.18. The Morgan fingerprint density at radius 3 is 2.35 bits per heavy atom. The van der Waals surface area contributed by atoms with Gasteiger partial charge in [-0.25, -0.2) is 4.79 Å². The lowest BCUT2D eigenvalue weighted by molar-refractivity contribution is -0.131. The molecule has 1 aromatic heterocycles. The second-order valence-corrected chi connectivity index (χ2v) is 7.17. The van der Waals surface area contributed by atoms with Gasteiger partial charge in [-0.3, -0.25) is 0 Å². The van der Waals surface area contributed by atoms with E-state index < -0.39 is 5.97 Å². The molecule has 31 heavy (non-hydrogen) atoms. The molecule has 4 aromatic rings. The van der Waals surface area contributed by atoms with E-state index >= 15 is 0 Å². The third kappa shape index (κ3) is 4.14. The molecule has 3 aromatic carbocycles. The topological polar surface area (TPSA) is 70.7 Å². The van der Waals surface area contributed by atoms with Gasteiger partial charge >= 0.3 is 5.97 Å². The van der Waals surface area contributed by atoms with Gasteiger partial charge < -0.3 is 14.6 Å². The summed E-state index contributed by atoms with van der Waals surface area (Å²) in [6, 6.07) is 23.3. The molecule has 0 atom stereocenters. The number of carboxylic acids is 1. The first kappa shape index (κ1) is 20.2. The average molecular weight is 410 g/mol. The maximum Gasteiger partial charge on any atom is 0.328 e. The summed E-state index contributed by atoms with van der Waals surface area (Å²) in [5.41, 5.74) is 6.44. The van der Waals surface area contributed by atoms with Crippen LogP contribution in [0.5, 0.6) is 5.75 Å². The van der Waals surface area contributed by atoms with E-state index in [0.29, 0.717) is 5.58 Å². The molecule has 0 aliphatic rings. The normalized spacial score (nSPS) is 12.3. The number of carboxylic acid groups (broad SMARTS) is 1. The fraction of sp³-hybridized carbons (Fsp3) is 0.0741. The number of carbonyl (C=O) groups is 1. The second kappa shape index (κ2) is 8.76. The highest BCUT2D eigenvalue weighted by Crippen LogP contribution is 2.40. The molecule has 4 nitrogen and oxygen atoms in total. The van der Waals surface area contributed by atoms with Gasteiger partial charge in [0.05, 0.1) is 6.26 Å². The number of hydrogen-bond acceptors (Lipinski definition) is 3. The van der Waals surface area contributed by atoms with E-state index in [2.05, 4.69) is 19.1 Å². The van der Waals surface area contributed by atoms with Gasteiger partial charge in [-0.15, -0.1) is 0 Å². The molecular weight excluding hydrogens is 388 g/mol. The lowest BCUT2D eigenvalue weighted by Gasteiger charge is -2.15. The van der Waals surface area contributed by atoms with E-state index in [-0.39, 0.29) is 5.75 Å². The summed E-state index contributed by atoms with van der Waals surface area (Å²) < 4.78 is 5.74. The zero-order valence-corrected chi connectivity index (χ0v) is 17.1. The predicted molar refractivity (Wildman–Crippen MR) is 124 cm³/mol. The average Bonchev–Trinajstić information content (AvgIpc) is 3.22. The van der Waals surface area contributed by atoms with E-state index in [4.69, 9.17) is 9.52 Å². The fourth-order valence-electron chi connectivity index (χ4n) is 3.82. The number of phenols is 1. The summed E-state index contributed by atoms with van der Waals surface area (Å²) in [5.74, 6) is -0.873. The molecular formula is C27H22O4. The quantitative estimate of drug-likeness (QED) is 0.277. The van der Waals surface area contributed by atoms with Crippen molar-refractivity contribution >= 4 is 34.2 Å². The van der Waals surface area contributed by atoms with E-state index in [0.717, 1.165) is 51.3 Å². The van der Waals surface area contributed by atoms with Crippen LogP contribution < -0.4 is 0 Å². The molecule has 4 heteroatoms. The van der Waals surface area contributed by atoms with E-state index in [1.807, 2.05) is 54.6 Å². The maximum absolute atomic E-state index is 10.8. The van der Waals surface area contributed by atoms with Crippen LogP contribution in [0.3, 0.4) is 0 Å². The molecule has 0 radical (unpaired) electrons. The van der Waals surface area contributed by atoms with Gasteiger partial charge in [0.25, 0.3) is 0 Å². The van der Waals surface area contributed by atoms with Crippen molar-refractivity contribution in [2.75, 3.05) is 0 Å². The molecule has 154 valence electrons. The molecule has 0 aliphatic heterocycles. The van der Waals surface area contributed by atoms with Crippen molar-refractivity contribution in [1.29, 1.82) is 0 Å². The summed E-state index contributed by atoms with van der Waals surface area (Å²) in [4.78, 5) is 10.8. The van der Waals surface area contributed by atoms with E-state index in [1.165, 1.54) is 0 Å². The predicted octanol–water partition coefficient (Wildman–Crippen LogP) is 6.61. The minimum absolute atomic E-state index is 0.106. The van der Waals surface area contributed by atoms with Crippen LogP contribution in [0.1, 0.15) is 35.6 Å². The summed E-state index contributed by atoms with van der Waals surface area (Å²) >= 11 is 0. The smallest absolute Gasteiger partial charge is 0.328 e. The Kier molecular flexibility index (Phi) is 5.72. The lowest BCUT2D eigenvalue weighted by Crippen LogP contribution is -1.95. The van der Waals surface area contributed by atoms with Gasteiger partial charge in [-0.05, 0) is 46.4 Å². The molecule has 0 unspecified atom stereocenters. The van der Waals surface area contributed by atoms with E-state index in [9.17, 15) is 9.90 Å². The minimum Gasteiger partial charge on any atom is -0.504 e. The first-order chi connectivity index (χ1) is 15.1. The number of hydrogen-bond donors (Lipinski definition) is 2. The molecule has 0 fully saturated rings. The van der Waals surface area contributed by atoms with Crippen LogP contribution in [0.25, 0.3) is 28.2 Å². The van der Waals surface area contributed by atoms with E-state index in [1.54, 1.807) is 18.4 Å². The highest BCUT2D eigenvalue weighted by Gasteiger charge is 2.18. The Balaban J connectivity index is 1.95. The molecule has 2 N–H and O–H groups in total. The monoisotopic (exact) mass is 410 g/mol. The van der Waals surface area contributed by atoms with Gasteiger partial charge in [0.15, 0.2) is 11.3 Å². The summed E-state index contributed by atoms with van der Waals surface area (Å²) in [7, 11) is 0. The second-order valence-electron chi connectivity index (χ2n) is 7.17. The van der Waals surface area contributed by atoms with Gasteiger partial charge in [0.1, 0.15) is 0 Å². The van der Waals surface area contributed by atoms with Gasteiger partial charge in [-0.2, -0.15) is 0 Å². The standard InChI is InChI=1S/C27H22O4/c1-2-21(19-7-4-3-5-8-19)26(20-14-11-18(12-15-20)13-16-25(29)30)23-17-31-27-22(23)9-6-10-24(27)28/h3-17,28H,2H2,1H3,(H,29,30)/b16-13+,26-21+. The summed E-state index contributed by atoms with van der Waals surface area (Å²) in [5, 5.41) is 19.9. The number of rotatable bonds is 6. The maximum atomic E-state index is 10.8. The van der Waals surface area contributed by atoms with Crippen molar-refractivity contribution < 1.29 is 19.4 Å². The van der Waals surface area contributed by atoms with Gasteiger partial charge in [0, 0.05) is 17.0 Å². The highest BCUT2D eigenvalue weighted by atomic mass is 16.4. The van der Waals surface area contributed by atoms with Crippen LogP contribution >= 0.6 is 0 Å². The lowest BCUT2D eigenvalue weighted by atomic mass is 9.87. The van der Waals surface area contributed by atoms with Gasteiger partial charge in [-0.1, -0.05) is 73.7 Å². The first-order valence-corrected chi connectivity index (χ1v) is 10.1. The molecule has 0 amide bonds. The number of furan rings is 1. The van der Waals surface area contributed by atoms with Crippen LogP contribution in [0.2, 0.25) is 0 Å². The molecule has 0 aliphatic carbocycles. The Morgan fingerprint density at radius 2 is 1.68 bits per heavy atom. The Hall–Kier alpha value is -4.05. The van der Waals surface area contributed by atoms with Crippen LogP contribution in [-0.4, -0.2) is 16.2 Å². The molecule has 4 rings (SSSR count). The fourth-order valence-corrected chi connectivity index (χ4v) is 3.82. The van der Waals surface area contributed by atoms with Gasteiger partial charge in [0.2, 0.25) is 0 Å². The molecule has 0 saturated heterocycles. The third-order valence-electron chi connectivity index (χ3n) is 5.24. The highest BCUT2D eigenvalue weighted by molar-refractivity contribution is 6.06. The number of aromatic hydroxyl groups is 1. The zero-order valence-electron chi connectivity index (χ0n) is 17.1. The van der Waals surface area contributed by atoms with Crippen LogP contribution in [-0.2, 0) is 4.79 Å². The first-order valence-electron chi connectivity index (χ1n) is 10.1. The largest absolute Gasteiger partial charge is 0.504 e. The van der Waals surface area contributed by atoms with Crippen molar-refractivity contribution in [1.82, 2.24) is 0 Å². The molecule has 0 bridgehead atoms. The molecule has 0 spiro atoms. The number of fused-ring (bicyclic) bond motifs is 1. The zero-order chi connectivity index (χ0) is 21.8. The van der Waals surface area contributed by atoms with Crippen molar-refractivity contribution in [2.45, 2.75) is 13.3 Å². The van der Waals surface area contributed by atoms with Crippen LogP contribution in [0.15, 0.2) is 89.6 Å². The van der Waals surface area contributed by atoms with Crippen LogP contribution in [0, 0.1) is 0 Å². The summed E-state index contributed by atoms with van der Waals surface area (Å²) in [6.45, 7) is 2.12. The Labute approximate surface area is 180 Å². The SMILES string of the molecule is CC/C(=C(/c1ccc(/C=C/C(=O)O)cc1)c1coc2c(O)cccc12)c1ccccc1. The van der Waals surface area contributed by atoms with Crippen molar-refractivity contribution in [3.8, 4) is 5.75 Å². The number of benzene rings is 3. The number of allylic oxidation sites excluding steroid dienone is 1. The number of para-hydroxylation sites is 1. The minimum atomic E-state index is -0.980.